The number of ketones is 1. The van der Waals surface area contributed by atoms with Gasteiger partial charge in [0.15, 0.2) is 5.78 Å². The standard InChI is InChI=1S/C18H17ClN2O2/c19-15-6-9-20-16(12-15)18(23)21-10-7-14(8-11-21)17(22)13-4-2-1-3-5-13/h1-6,9,12,14H,7-8,10-11H2. The van der Waals surface area contributed by atoms with Crippen LogP contribution in [0.5, 0.6) is 0 Å². The van der Waals surface area contributed by atoms with Crippen LogP contribution in [0.1, 0.15) is 33.7 Å². The minimum absolute atomic E-state index is 0.0197. The molecule has 1 aliphatic heterocycles. The van der Waals surface area contributed by atoms with E-state index in [0.29, 0.717) is 36.6 Å². The first kappa shape index (κ1) is 15.7. The number of hydrogen-bond acceptors (Lipinski definition) is 3. The van der Waals surface area contributed by atoms with Crippen molar-refractivity contribution >= 4 is 23.3 Å². The van der Waals surface area contributed by atoms with Crippen molar-refractivity contribution in [2.75, 3.05) is 13.1 Å². The number of amides is 1. The second-order valence-corrected chi connectivity index (χ2v) is 6.09. The Hall–Kier alpha value is -2.20. The van der Waals surface area contributed by atoms with E-state index in [1.54, 1.807) is 17.0 Å². The minimum Gasteiger partial charge on any atom is -0.337 e. The summed E-state index contributed by atoms with van der Waals surface area (Å²) >= 11 is 5.91. The fraction of sp³-hybridized carbons (Fsp3) is 0.278. The van der Waals surface area contributed by atoms with Gasteiger partial charge in [-0.25, -0.2) is 0 Å². The van der Waals surface area contributed by atoms with Crippen LogP contribution in [0.15, 0.2) is 48.7 Å². The zero-order valence-corrected chi connectivity index (χ0v) is 13.4. The van der Waals surface area contributed by atoms with Gasteiger partial charge in [-0.1, -0.05) is 41.9 Å². The van der Waals surface area contributed by atoms with Gasteiger partial charge in [0.05, 0.1) is 0 Å². The molecular formula is C18H17ClN2O2. The predicted molar refractivity (Wildman–Crippen MR) is 88.6 cm³/mol. The van der Waals surface area contributed by atoms with E-state index in [4.69, 9.17) is 11.6 Å². The van der Waals surface area contributed by atoms with Gasteiger partial charge in [-0.15, -0.1) is 0 Å². The highest BCUT2D eigenvalue weighted by Crippen LogP contribution is 2.23. The fourth-order valence-electron chi connectivity index (χ4n) is 2.87. The molecule has 0 bridgehead atoms. The highest BCUT2D eigenvalue weighted by molar-refractivity contribution is 6.30. The van der Waals surface area contributed by atoms with Crippen molar-refractivity contribution in [2.24, 2.45) is 5.92 Å². The molecule has 1 amide bonds. The van der Waals surface area contributed by atoms with Crippen molar-refractivity contribution in [2.45, 2.75) is 12.8 Å². The minimum atomic E-state index is -0.127. The van der Waals surface area contributed by atoms with E-state index in [1.807, 2.05) is 30.3 Å². The average Bonchev–Trinajstić information content (AvgIpc) is 2.61. The molecule has 23 heavy (non-hydrogen) atoms. The molecule has 1 aromatic carbocycles. The maximum atomic E-state index is 12.5. The summed E-state index contributed by atoms with van der Waals surface area (Å²) < 4.78 is 0. The number of rotatable bonds is 3. The number of halogens is 1. The van der Waals surface area contributed by atoms with Gasteiger partial charge in [0.1, 0.15) is 5.69 Å². The summed E-state index contributed by atoms with van der Waals surface area (Å²) in [6.45, 7) is 1.13. The number of piperidine rings is 1. The van der Waals surface area contributed by atoms with E-state index < -0.39 is 0 Å². The Kier molecular flexibility index (Phi) is 4.72. The lowest BCUT2D eigenvalue weighted by molar-refractivity contribution is 0.0645. The van der Waals surface area contributed by atoms with E-state index in [2.05, 4.69) is 4.98 Å². The summed E-state index contributed by atoms with van der Waals surface area (Å²) in [5.41, 5.74) is 1.10. The number of Topliss-reactive ketones (excluding diaryl/α,β-unsaturated/α-hetero) is 1. The Labute approximate surface area is 140 Å². The van der Waals surface area contributed by atoms with Gasteiger partial charge in [0.2, 0.25) is 0 Å². The van der Waals surface area contributed by atoms with E-state index in [1.165, 1.54) is 6.20 Å². The van der Waals surface area contributed by atoms with E-state index in [9.17, 15) is 9.59 Å². The topological polar surface area (TPSA) is 50.3 Å². The number of benzene rings is 1. The van der Waals surface area contributed by atoms with Gasteiger partial charge in [-0.2, -0.15) is 0 Å². The van der Waals surface area contributed by atoms with Crippen LogP contribution in [0.4, 0.5) is 0 Å². The third-order valence-electron chi connectivity index (χ3n) is 4.15. The van der Waals surface area contributed by atoms with Crippen LogP contribution in [0.2, 0.25) is 5.02 Å². The molecule has 4 nitrogen and oxygen atoms in total. The number of carbonyl (C=O) groups excluding carboxylic acids is 2. The quantitative estimate of drug-likeness (QED) is 0.811. The molecule has 0 aliphatic carbocycles. The van der Waals surface area contributed by atoms with Gasteiger partial charge in [0, 0.05) is 35.8 Å². The third kappa shape index (κ3) is 3.59. The van der Waals surface area contributed by atoms with Gasteiger partial charge in [0.25, 0.3) is 5.91 Å². The molecule has 2 heterocycles. The molecule has 0 unspecified atom stereocenters. The lowest BCUT2D eigenvalue weighted by Gasteiger charge is -2.31. The van der Waals surface area contributed by atoms with Crippen LogP contribution < -0.4 is 0 Å². The first-order chi connectivity index (χ1) is 11.1. The normalized spacial score (nSPS) is 15.4. The van der Waals surface area contributed by atoms with Gasteiger partial charge in [-0.3, -0.25) is 14.6 Å². The Morgan fingerprint density at radius 1 is 1.09 bits per heavy atom. The number of carbonyl (C=O) groups is 2. The maximum absolute atomic E-state index is 12.5. The summed E-state index contributed by atoms with van der Waals surface area (Å²) in [7, 11) is 0. The van der Waals surface area contributed by atoms with Crippen molar-refractivity contribution in [1.29, 1.82) is 0 Å². The summed E-state index contributed by atoms with van der Waals surface area (Å²) in [6.07, 6.45) is 2.89. The average molecular weight is 329 g/mol. The molecule has 0 atom stereocenters. The van der Waals surface area contributed by atoms with E-state index >= 15 is 0 Å². The van der Waals surface area contributed by atoms with E-state index in [0.717, 1.165) is 5.56 Å². The maximum Gasteiger partial charge on any atom is 0.272 e. The number of aromatic nitrogens is 1. The largest absolute Gasteiger partial charge is 0.337 e. The second kappa shape index (κ2) is 6.92. The molecule has 0 N–H and O–H groups in total. The predicted octanol–water partition coefficient (Wildman–Crippen LogP) is 3.47. The monoisotopic (exact) mass is 328 g/mol. The van der Waals surface area contributed by atoms with E-state index in [-0.39, 0.29) is 17.6 Å². The zero-order valence-electron chi connectivity index (χ0n) is 12.6. The van der Waals surface area contributed by atoms with Gasteiger partial charge < -0.3 is 4.90 Å². The first-order valence-electron chi connectivity index (χ1n) is 7.65. The van der Waals surface area contributed by atoms with Crippen LogP contribution >= 0.6 is 11.6 Å². The molecule has 1 saturated heterocycles. The highest BCUT2D eigenvalue weighted by atomic mass is 35.5. The number of likely N-dealkylation sites (tertiary alicyclic amines) is 1. The Morgan fingerprint density at radius 2 is 1.78 bits per heavy atom. The smallest absolute Gasteiger partial charge is 0.272 e. The van der Waals surface area contributed by atoms with Crippen molar-refractivity contribution in [3.05, 3.63) is 64.9 Å². The number of nitrogens with zero attached hydrogens (tertiary/aromatic N) is 2. The lowest BCUT2D eigenvalue weighted by Crippen LogP contribution is -2.40. The molecule has 3 rings (SSSR count). The summed E-state index contributed by atoms with van der Waals surface area (Å²) in [6, 6.07) is 12.5. The molecule has 0 radical (unpaired) electrons. The fourth-order valence-corrected chi connectivity index (χ4v) is 3.03. The number of hydrogen-bond donors (Lipinski definition) is 0. The second-order valence-electron chi connectivity index (χ2n) is 5.66. The molecule has 5 heteroatoms. The van der Waals surface area contributed by atoms with Crippen LogP contribution in [0.25, 0.3) is 0 Å². The zero-order chi connectivity index (χ0) is 16.2. The van der Waals surface area contributed by atoms with Gasteiger partial charge in [-0.05, 0) is 25.0 Å². The van der Waals surface area contributed by atoms with Crippen LogP contribution in [0, 0.1) is 5.92 Å². The molecule has 1 aliphatic rings. The van der Waals surface area contributed by atoms with Crippen molar-refractivity contribution in [3.63, 3.8) is 0 Å². The molecule has 0 saturated carbocycles. The van der Waals surface area contributed by atoms with Gasteiger partial charge >= 0.3 is 0 Å². The summed E-state index contributed by atoms with van der Waals surface area (Å²) in [4.78, 5) is 30.7. The van der Waals surface area contributed by atoms with Crippen molar-refractivity contribution in [1.82, 2.24) is 9.88 Å². The molecule has 1 aromatic heterocycles. The molecule has 2 aromatic rings. The highest BCUT2D eigenvalue weighted by Gasteiger charge is 2.28. The van der Waals surface area contributed by atoms with Crippen LogP contribution in [0.3, 0.4) is 0 Å². The summed E-state index contributed by atoms with van der Waals surface area (Å²) in [5.74, 6) is 0.0189. The number of pyridine rings is 1. The van der Waals surface area contributed by atoms with Crippen molar-refractivity contribution < 1.29 is 9.59 Å². The Morgan fingerprint density at radius 3 is 2.43 bits per heavy atom. The molecule has 1 fully saturated rings. The van der Waals surface area contributed by atoms with Crippen molar-refractivity contribution in [3.8, 4) is 0 Å². The van der Waals surface area contributed by atoms with Crippen LogP contribution in [-0.4, -0.2) is 34.7 Å². The Bertz CT molecular complexity index is 710. The third-order valence-corrected chi connectivity index (χ3v) is 4.39. The molecule has 118 valence electrons. The molecular weight excluding hydrogens is 312 g/mol. The summed E-state index contributed by atoms with van der Waals surface area (Å²) in [5, 5.41) is 0.498. The Balaban J connectivity index is 1.62. The lowest BCUT2D eigenvalue weighted by atomic mass is 9.89. The first-order valence-corrected chi connectivity index (χ1v) is 8.03. The SMILES string of the molecule is O=C(c1ccccc1)C1CCN(C(=O)c2cc(Cl)ccn2)CC1. The molecule has 0 spiro atoms. The van der Waals surface area contributed by atoms with Crippen LogP contribution in [-0.2, 0) is 0 Å².